The summed E-state index contributed by atoms with van der Waals surface area (Å²) in [7, 11) is 0. The van der Waals surface area contributed by atoms with E-state index in [0.717, 1.165) is 94.9 Å². The molecule has 0 aliphatic heterocycles. The van der Waals surface area contributed by atoms with Crippen LogP contribution in [0.1, 0.15) is 62.0 Å². The molecule has 4 heteroatoms. The predicted molar refractivity (Wildman–Crippen MR) is 320 cm³/mol. The van der Waals surface area contributed by atoms with Gasteiger partial charge < -0.3 is 18.6 Å². The predicted octanol–water partition coefficient (Wildman–Crippen LogP) is 21.3. The first-order chi connectivity index (χ1) is 36.7. The van der Waals surface area contributed by atoms with Crippen LogP contribution in [0.4, 0.5) is 34.1 Å². The van der Waals surface area contributed by atoms with Crippen molar-refractivity contribution in [2.24, 2.45) is 0 Å². The average Bonchev–Trinajstić information content (AvgIpc) is 4.07. The van der Waals surface area contributed by atoms with E-state index in [1.165, 1.54) is 49.2 Å². The zero-order valence-electron chi connectivity index (χ0n) is 42.9. The van der Waals surface area contributed by atoms with Gasteiger partial charge in [0.25, 0.3) is 0 Å². The molecular weight excluding hydrogens is 913 g/mol. The molecule has 0 saturated carbocycles. The third-order valence-corrected chi connectivity index (χ3v) is 15.3. The Labute approximate surface area is 438 Å². The fourth-order valence-electron chi connectivity index (χ4n) is 11.7. The van der Waals surface area contributed by atoms with Gasteiger partial charge in [-0.25, -0.2) is 0 Å². The lowest BCUT2D eigenvalue weighted by molar-refractivity contribution is 0.601. The summed E-state index contributed by atoms with van der Waals surface area (Å²) in [4.78, 5) is 4.88. The number of aryl methyl sites for hydroxylation is 1. The number of nitrogens with zero attached hydrogens (tertiary/aromatic N) is 2. The van der Waals surface area contributed by atoms with Crippen molar-refractivity contribution in [2.75, 3.05) is 9.80 Å². The van der Waals surface area contributed by atoms with Gasteiger partial charge in [-0.05, 0) is 134 Å². The summed E-state index contributed by atoms with van der Waals surface area (Å²) in [5, 5.41) is 10.6. The lowest BCUT2D eigenvalue weighted by Crippen LogP contribution is -2.13. The number of furan rings is 2. The van der Waals surface area contributed by atoms with Gasteiger partial charge in [0.1, 0.15) is 11.3 Å². The van der Waals surface area contributed by atoms with Crippen LogP contribution in [-0.4, -0.2) is 0 Å². The maximum Gasteiger partial charge on any atom is 0.159 e. The summed E-state index contributed by atoms with van der Waals surface area (Å²) in [6.07, 6.45) is 5.75. The highest BCUT2D eigenvalue weighted by molar-refractivity contribution is 6.30. The molecule has 0 N–H and O–H groups in total. The van der Waals surface area contributed by atoms with Crippen molar-refractivity contribution in [1.82, 2.24) is 0 Å². The van der Waals surface area contributed by atoms with E-state index in [1.807, 2.05) is 12.2 Å². The molecule has 362 valence electrons. The van der Waals surface area contributed by atoms with Gasteiger partial charge in [-0.1, -0.05) is 198 Å². The van der Waals surface area contributed by atoms with Crippen LogP contribution in [0.25, 0.3) is 93.6 Å². The van der Waals surface area contributed by atoms with E-state index in [-0.39, 0.29) is 11.8 Å². The van der Waals surface area contributed by atoms with Crippen LogP contribution >= 0.6 is 0 Å². The van der Waals surface area contributed by atoms with Crippen LogP contribution < -0.4 is 9.80 Å². The van der Waals surface area contributed by atoms with Crippen molar-refractivity contribution in [3.63, 3.8) is 0 Å². The summed E-state index contributed by atoms with van der Waals surface area (Å²) in [6, 6.07) is 75.2. The second-order valence-electron chi connectivity index (χ2n) is 20.4. The number of rotatable bonds is 12. The van der Waals surface area contributed by atoms with Gasteiger partial charge in [0.15, 0.2) is 11.2 Å². The molecule has 75 heavy (non-hydrogen) atoms. The summed E-state index contributed by atoms with van der Waals surface area (Å²) >= 11 is 0. The van der Waals surface area contributed by atoms with E-state index in [9.17, 15) is 0 Å². The van der Waals surface area contributed by atoms with Gasteiger partial charge >= 0.3 is 0 Å². The van der Waals surface area contributed by atoms with Crippen LogP contribution in [0.15, 0.2) is 234 Å². The van der Waals surface area contributed by atoms with E-state index in [0.29, 0.717) is 0 Å². The molecule has 0 spiro atoms. The molecule has 0 atom stereocenters. The smallest absolute Gasteiger partial charge is 0.159 e. The maximum absolute atomic E-state index is 6.91. The summed E-state index contributed by atoms with van der Waals surface area (Å²) in [5.74, 6) is 1.24. The van der Waals surface area contributed by atoms with Gasteiger partial charge in [0.2, 0.25) is 0 Å². The van der Waals surface area contributed by atoms with Gasteiger partial charge in [-0.3, -0.25) is 0 Å². The summed E-state index contributed by atoms with van der Waals surface area (Å²) in [6.45, 7) is 15.4. The largest absolute Gasteiger partial charge is 0.454 e. The molecule has 0 aliphatic rings. The normalized spacial score (nSPS) is 12.0. The van der Waals surface area contributed by atoms with E-state index >= 15 is 0 Å². The highest BCUT2D eigenvalue weighted by Gasteiger charge is 2.29. The maximum atomic E-state index is 6.91. The SMILES string of the molecule is C=C/C=C\c1oc2c(N(c3ccc(-c4ccccc4)cc3)c3cc(C(C)C)c4ccc5c(N(c6ccc(-c7ccccc7)cc6)c6cccc7c6oc6ccccc67)cc(C(C)C)c6ccc3c4c65)cccc2c1C. The molecule has 2 aromatic heterocycles. The molecule has 0 aliphatic carbocycles. The lowest BCUT2D eigenvalue weighted by Gasteiger charge is -2.31. The Morgan fingerprint density at radius 1 is 0.400 bits per heavy atom. The van der Waals surface area contributed by atoms with Gasteiger partial charge in [-0.15, -0.1) is 0 Å². The molecule has 13 aromatic rings. The Bertz CT molecular complexity index is 4310. The van der Waals surface area contributed by atoms with Gasteiger partial charge in [-0.2, -0.15) is 0 Å². The average molecular weight is 969 g/mol. The summed E-state index contributed by atoms with van der Waals surface area (Å²) in [5.41, 5.74) is 17.1. The number of hydrogen-bond donors (Lipinski definition) is 0. The third kappa shape index (κ3) is 7.59. The van der Waals surface area contributed by atoms with Gasteiger partial charge in [0, 0.05) is 43.9 Å². The van der Waals surface area contributed by atoms with E-state index in [2.05, 4.69) is 257 Å². The minimum atomic E-state index is 0.210. The molecule has 4 nitrogen and oxygen atoms in total. The quantitative estimate of drug-likeness (QED) is 0.0902. The molecule has 0 unspecified atom stereocenters. The molecule has 0 bridgehead atoms. The molecule has 11 aromatic carbocycles. The number of fused-ring (bicyclic) bond motifs is 4. The Morgan fingerprint density at radius 3 is 1.35 bits per heavy atom. The highest BCUT2D eigenvalue weighted by atomic mass is 16.3. The molecule has 0 saturated heterocycles. The van der Waals surface area contributed by atoms with E-state index < -0.39 is 0 Å². The molecule has 13 rings (SSSR count). The molecule has 0 fully saturated rings. The van der Waals surface area contributed by atoms with Crippen LogP contribution in [0.5, 0.6) is 0 Å². The fourth-order valence-corrected chi connectivity index (χ4v) is 11.7. The third-order valence-electron chi connectivity index (χ3n) is 15.3. The Hall–Kier alpha value is -9.12. The molecule has 0 amide bonds. The Balaban J connectivity index is 1.12. The zero-order chi connectivity index (χ0) is 50.9. The van der Waals surface area contributed by atoms with Crippen molar-refractivity contribution < 1.29 is 8.83 Å². The van der Waals surface area contributed by atoms with Gasteiger partial charge in [0.05, 0.1) is 22.7 Å². The number of hydrogen-bond acceptors (Lipinski definition) is 4. The second-order valence-corrected chi connectivity index (χ2v) is 20.4. The first-order valence-corrected chi connectivity index (χ1v) is 26.2. The monoisotopic (exact) mass is 968 g/mol. The van der Waals surface area contributed by atoms with Crippen molar-refractivity contribution >= 4 is 105 Å². The zero-order valence-corrected chi connectivity index (χ0v) is 42.9. The highest BCUT2D eigenvalue weighted by Crippen LogP contribution is 2.53. The number of benzene rings is 11. The minimum Gasteiger partial charge on any atom is -0.454 e. The Morgan fingerprint density at radius 2 is 0.840 bits per heavy atom. The van der Waals surface area contributed by atoms with E-state index in [4.69, 9.17) is 8.83 Å². The standard InChI is InChI=1S/C71H56N2O2/c1-7-8-28-66-46(6)53-24-17-26-62(70(53)74-66)72(51-34-30-49(31-35-51)47-19-11-9-12-20-47)64-42-60(44(2)3)55-39-41-59-65(43-61(45(4)5)56-38-40-58(64)68(55)69(56)59)73(52-36-32-50(33-37-52)48-21-13-10-14-22-48)63-27-18-25-57-54-23-15-16-29-67(54)75-71(57)63/h7-45H,1H2,2-6H3/b28-8-. The molecule has 0 radical (unpaired) electrons. The topological polar surface area (TPSA) is 32.8 Å². The van der Waals surface area contributed by atoms with Crippen molar-refractivity contribution in [3.8, 4) is 22.3 Å². The minimum absolute atomic E-state index is 0.210. The van der Waals surface area contributed by atoms with Crippen LogP contribution in [-0.2, 0) is 0 Å². The fraction of sp³-hybridized carbons (Fsp3) is 0.0986. The van der Waals surface area contributed by atoms with Crippen LogP contribution in [0.3, 0.4) is 0 Å². The number of allylic oxidation sites excluding steroid dienone is 2. The molecular formula is C71H56N2O2. The van der Waals surface area contributed by atoms with Crippen molar-refractivity contribution in [2.45, 2.75) is 46.5 Å². The first-order valence-electron chi connectivity index (χ1n) is 26.2. The van der Waals surface area contributed by atoms with Crippen LogP contribution in [0.2, 0.25) is 0 Å². The van der Waals surface area contributed by atoms with Crippen molar-refractivity contribution in [1.29, 1.82) is 0 Å². The van der Waals surface area contributed by atoms with Crippen molar-refractivity contribution in [3.05, 3.63) is 247 Å². The van der Waals surface area contributed by atoms with E-state index in [1.54, 1.807) is 6.08 Å². The second kappa shape index (κ2) is 18.4. The lowest BCUT2D eigenvalue weighted by atomic mass is 9.84. The Kier molecular flexibility index (Phi) is 11.2. The first kappa shape index (κ1) is 45.7. The number of anilines is 6. The summed E-state index contributed by atoms with van der Waals surface area (Å²) < 4.78 is 13.8. The van der Waals surface area contributed by atoms with Crippen LogP contribution in [0, 0.1) is 6.92 Å². The number of para-hydroxylation sites is 3. The molecule has 2 heterocycles.